The van der Waals surface area contributed by atoms with Crippen molar-refractivity contribution < 1.29 is 9.47 Å². The third-order valence-electron chi connectivity index (χ3n) is 2.09. The second-order valence-corrected chi connectivity index (χ2v) is 3.10. The monoisotopic (exact) mass is 180 g/mol. The van der Waals surface area contributed by atoms with Gasteiger partial charge in [0, 0.05) is 13.0 Å². The van der Waals surface area contributed by atoms with Crippen molar-refractivity contribution in [1.29, 1.82) is 0 Å². The van der Waals surface area contributed by atoms with Crippen molar-refractivity contribution in [2.45, 2.75) is 12.8 Å². The minimum atomic E-state index is 0.376. The molecule has 0 heterocycles. The molecule has 0 aliphatic rings. The van der Waals surface area contributed by atoms with E-state index in [0.29, 0.717) is 5.92 Å². The van der Waals surface area contributed by atoms with Crippen LogP contribution in [-0.2, 0) is 4.74 Å². The SMILES string of the molecule is COC[C@@H](C)c1ccccc1OC. The van der Waals surface area contributed by atoms with Crippen molar-refractivity contribution in [1.82, 2.24) is 0 Å². The molecule has 0 unspecified atom stereocenters. The lowest BCUT2D eigenvalue weighted by Gasteiger charge is -2.14. The van der Waals surface area contributed by atoms with Gasteiger partial charge in [0.25, 0.3) is 0 Å². The van der Waals surface area contributed by atoms with Gasteiger partial charge in [0.05, 0.1) is 13.7 Å². The minimum absolute atomic E-state index is 0.376. The van der Waals surface area contributed by atoms with Crippen molar-refractivity contribution in [3.8, 4) is 5.75 Å². The number of methoxy groups -OCH3 is 2. The van der Waals surface area contributed by atoms with Crippen LogP contribution in [0.4, 0.5) is 0 Å². The van der Waals surface area contributed by atoms with Crippen molar-refractivity contribution >= 4 is 0 Å². The summed E-state index contributed by atoms with van der Waals surface area (Å²) in [7, 11) is 3.41. The van der Waals surface area contributed by atoms with Crippen LogP contribution in [0.5, 0.6) is 5.75 Å². The highest BCUT2D eigenvalue weighted by Crippen LogP contribution is 2.25. The zero-order chi connectivity index (χ0) is 9.68. The largest absolute Gasteiger partial charge is 0.496 e. The van der Waals surface area contributed by atoms with E-state index in [2.05, 4.69) is 13.0 Å². The first-order valence-corrected chi connectivity index (χ1v) is 4.41. The molecule has 72 valence electrons. The van der Waals surface area contributed by atoms with Gasteiger partial charge in [0.15, 0.2) is 0 Å². The average molecular weight is 180 g/mol. The lowest BCUT2D eigenvalue weighted by atomic mass is 10.0. The second kappa shape index (κ2) is 4.87. The van der Waals surface area contributed by atoms with Crippen LogP contribution in [0.25, 0.3) is 0 Å². The molecule has 2 heteroatoms. The third-order valence-corrected chi connectivity index (χ3v) is 2.09. The molecule has 0 aliphatic heterocycles. The predicted octanol–water partition coefficient (Wildman–Crippen LogP) is 2.45. The van der Waals surface area contributed by atoms with E-state index in [1.165, 1.54) is 5.56 Å². The molecule has 1 rings (SSSR count). The molecule has 0 saturated heterocycles. The number of hydrogen-bond acceptors (Lipinski definition) is 2. The summed E-state index contributed by atoms with van der Waals surface area (Å²) in [5.74, 6) is 1.31. The van der Waals surface area contributed by atoms with E-state index in [1.54, 1.807) is 14.2 Å². The standard InChI is InChI=1S/C11H16O2/c1-9(8-12-2)10-6-4-5-7-11(10)13-3/h4-7,9H,8H2,1-3H3/t9-/m1/s1. The molecule has 0 radical (unpaired) electrons. The fourth-order valence-corrected chi connectivity index (χ4v) is 1.41. The molecule has 0 fully saturated rings. The Balaban J connectivity index is 2.85. The van der Waals surface area contributed by atoms with Crippen LogP contribution in [-0.4, -0.2) is 20.8 Å². The van der Waals surface area contributed by atoms with Gasteiger partial charge in [0.2, 0.25) is 0 Å². The first-order chi connectivity index (χ1) is 6.29. The van der Waals surface area contributed by atoms with Gasteiger partial charge < -0.3 is 9.47 Å². The lowest BCUT2D eigenvalue weighted by Crippen LogP contribution is -2.03. The summed E-state index contributed by atoms with van der Waals surface area (Å²) >= 11 is 0. The zero-order valence-corrected chi connectivity index (χ0v) is 8.41. The molecule has 1 aromatic rings. The van der Waals surface area contributed by atoms with E-state index in [9.17, 15) is 0 Å². The Bertz CT molecular complexity index is 258. The second-order valence-electron chi connectivity index (χ2n) is 3.10. The van der Waals surface area contributed by atoms with E-state index in [4.69, 9.17) is 9.47 Å². The summed E-state index contributed by atoms with van der Waals surface area (Å²) in [5, 5.41) is 0. The van der Waals surface area contributed by atoms with Crippen LogP contribution in [0, 0.1) is 0 Å². The molecule has 1 atom stereocenters. The van der Waals surface area contributed by atoms with Gasteiger partial charge in [-0.2, -0.15) is 0 Å². The molecule has 0 N–H and O–H groups in total. The summed E-state index contributed by atoms with van der Waals surface area (Å²) in [5.41, 5.74) is 1.20. The predicted molar refractivity (Wildman–Crippen MR) is 53.3 cm³/mol. The van der Waals surface area contributed by atoms with Crippen molar-refractivity contribution in [3.63, 3.8) is 0 Å². The van der Waals surface area contributed by atoms with Gasteiger partial charge in [-0.3, -0.25) is 0 Å². The normalized spacial score (nSPS) is 12.5. The van der Waals surface area contributed by atoms with Gasteiger partial charge in [0.1, 0.15) is 5.75 Å². The van der Waals surface area contributed by atoms with E-state index in [0.717, 1.165) is 12.4 Å². The van der Waals surface area contributed by atoms with Gasteiger partial charge in [-0.15, -0.1) is 0 Å². The maximum atomic E-state index is 5.26. The summed E-state index contributed by atoms with van der Waals surface area (Å²) in [6, 6.07) is 8.04. The van der Waals surface area contributed by atoms with Gasteiger partial charge in [-0.1, -0.05) is 25.1 Å². The fourth-order valence-electron chi connectivity index (χ4n) is 1.41. The molecular formula is C11H16O2. The first-order valence-electron chi connectivity index (χ1n) is 4.41. The van der Waals surface area contributed by atoms with Crippen LogP contribution in [0.3, 0.4) is 0 Å². The molecule has 0 spiro atoms. The smallest absolute Gasteiger partial charge is 0.122 e. The number of ether oxygens (including phenoxy) is 2. The molecule has 0 aromatic heterocycles. The number of rotatable bonds is 4. The Morgan fingerprint density at radius 3 is 2.54 bits per heavy atom. The summed E-state index contributed by atoms with van der Waals surface area (Å²) in [6.45, 7) is 2.85. The number of para-hydroxylation sites is 1. The molecule has 0 saturated carbocycles. The third kappa shape index (κ3) is 2.46. The summed E-state index contributed by atoms with van der Waals surface area (Å²) < 4.78 is 10.4. The Morgan fingerprint density at radius 1 is 1.23 bits per heavy atom. The summed E-state index contributed by atoms with van der Waals surface area (Å²) in [6.07, 6.45) is 0. The zero-order valence-electron chi connectivity index (χ0n) is 8.41. The van der Waals surface area contributed by atoms with Crippen molar-refractivity contribution in [3.05, 3.63) is 29.8 Å². The van der Waals surface area contributed by atoms with E-state index < -0.39 is 0 Å². The van der Waals surface area contributed by atoms with Gasteiger partial charge >= 0.3 is 0 Å². The van der Waals surface area contributed by atoms with Crippen molar-refractivity contribution in [2.75, 3.05) is 20.8 Å². The van der Waals surface area contributed by atoms with E-state index in [-0.39, 0.29) is 0 Å². The maximum absolute atomic E-state index is 5.26. The van der Waals surface area contributed by atoms with Crippen molar-refractivity contribution in [2.24, 2.45) is 0 Å². The Hall–Kier alpha value is -1.02. The Labute approximate surface area is 79.5 Å². The number of hydrogen-bond donors (Lipinski definition) is 0. The molecule has 0 bridgehead atoms. The molecule has 13 heavy (non-hydrogen) atoms. The summed E-state index contributed by atoms with van der Waals surface area (Å²) in [4.78, 5) is 0. The highest BCUT2D eigenvalue weighted by Gasteiger charge is 2.09. The topological polar surface area (TPSA) is 18.5 Å². The van der Waals surface area contributed by atoms with Crippen LogP contribution in [0.15, 0.2) is 24.3 Å². The highest BCUT2D eigenvalue weighted by molar-refractivity contribution is 5.35. The van der Waals surface area contributed by atoms with Crippen LogP contribution in [0.2, 0.25) is 0 Å². The Kier molecular flexibility index (Phi) is 3.77. The van der Waals surface area contributed by atoms with E-state index >= 15 is 0 Å². The molecule has 0 aliphatic carbocycles. The lowest BCUT2D eigenvalue weighted by molar-refractivity contribution is 0.183. The van der Waals surface area contributed by atoms with Crippen LogP contribution >= 0.6 is 0 Å². The average Bonchev–Trinajstić information content (AvgIpc) is 2.18. The van der Waals surface area contributed by atoms with Crippen LogP contribution < -0.4 is 4.74 Å². The molecule has 0 amide bonds. The van der Waals surface area contributed by atoms with E-state index in [1.807, 2.05) is 18.2 Å². The molecular weight excluding hydrogens is 164 g/mol. The van der Waals surface area contributed by atoms with Gasteiger partial charge in [-0.05, 0) is 11.6 Å². The highest BCUT2D eigenvalue weighted by atomic mass is 16.5. The Morgan fingerprint density at radius 2 is 1.92 bits per heavy atom. The molecule has 2 nitrogen and oxygen atoms in total. The fraction of sp³-hybridized carbons (Fsp3) is 0.455. The van der Waals surface area contributed by atoms with Crippen LogP contribution in [0.1, 0.15) is 18.4 Å². The maximum Gasteiger partial charge on any atom is 0.122 e. The first kappa shape index (κ1) is 10.1. The minimum Gasteiger partial charge on any atom is -0.496 e. The molecule has 1 aromatic carbocycles. The quantitative estimate of drug-likeness (QED) is 0.708. The number of benzene rings is 1. The van der Waals surface area contributed by atoms with Gasteiger partial charge in [-0.25, -0.2) is 0 Å².